The maximum absolute atomic E-state index is 10.4. The molecule has 0 saturated carbocycles. The molecule has 1 rings (SSSR count). The van der Waals surface area contributed by atoms with Crippen molar-refractivity contribution in [1.82, 2.24) is 5.32 Å². The number of hydrogen-bond donors (Lipinski definition) is 3. The molecule has 15 heavy (non-hydrogen) atoms. The Kier molecular flexibility index (Phi) is 3.19. The number of rotatable bonds is 3. The van der Waals surface area contributed by atoms with E-state index in [1.54, 1.807) is 24.3 Å². The molecule has 3 N–H and O–H groups in total. The standard InChI is InChI=1S/C11H15NO3/c1-11(2,7-12-10(14)15)8-3-5-9(13)6-4-8/h3-6,12-13H,7H2,1-2H3,(H,14,15). The number of benzene rings is 1. The third-order valence-corrected chi connectivity index (χ3v) is 2.33. The van der Waals surface area contributed by atoms with Gasteiger partial charge in [0.15, 0.2) is 0 Å². The van der Waals surface area contributed by atoms with Crippen LogP contribution in [0, 0.1) is 0 Å². The van der Waals surface area contributed by atoms with Gasteiger partial charge in [0.05, 0.1) is 0 Å². The maximum Gasteiger partial charge on any atom is 0.404 e. The highest BCUT2D eigenvalue weighted by Gasteiger charge is 2.20. The Morgan fingerprint density at radius 1 is 1.33 bits per heavy atom. The maximum atomic E-state index is 10.4. The van der Waals surface area contributed by atoms with E-state index in [4.69, 9.17) is 10.2 Å². The first-order valence-corrected chi connectivity index (χ1v) is 4.68. The van der Waals surface area contributed by atoms with Crippen LogP contribution in [0.2, 0.25) is 0 Å². The van der Waals surface area contributed by atoms with Gasteiger partial charge in [0.2, 0.25) is 0 Å². The Morgan fingerprint density at radius 3 is 2.33 bits per heavy atom. The molecule has 0 radical (unpaired) electrons. The lowest BCUT2D eigenvalue weighted by Crippen LogP contribution is -2.35. The summed E-state index contributed by atoms with van der Waals surface area (Å²) in [6.07, 6.45) is -1.03. The predicted octanol–water partition coefficient (Wildman–Crippen LogP) is 1.94. The smallest absolute Gasteiger partial charge is 0.404 e. The number of carboxylic acid groups (broad SMARTS) is 1. The van der Waals surface area contributed by atoms with Crippen molar-refractivity contribution in [2.24, 2.45) is 0 Å². The molecule has 1 aromatic carbocycles. The normalized spacial score (nSPS) is 11.1. The summed E-state index contributed by atoms with van der Waals surface area (Å²) in [5, 5.41) is 20.0. The van der Waals surface area contributed by atoms with Gasteiger partial charge >= 0.3 is 6.09 Å². The third-order valence-electron chi connectivity index (χ3n) is 2.33. The fourth-order valence-corrected chi connectivity index (χ4v) is 1.31. The number of phenols is 1. The molecular weight excluding hydrogens is 194 g/mol. The fourth-order valence-electron chi connectivity index (χ4n) is 1.31. The summed E-state index contributed by atoms with van der Waals surface area (Å²) in [5.74, 6) is 0.209. The van der Waals surface area contributed by atoms with Crippen LogP contribution < -0.4 is 5.32 Å². The van der Waals surface area contributed by atoms with E-state index >= 15 is 0 Å². The van der Waals surface area contributed by atoms with Gasteiger partial charge in [-0.3, -0.25) is 0 Å². The van der Waals surface area contributed by atoms with Gasteiger partial charge in [0.25, 0.3) is 0 Å². The lowest BCUT2D eigenvalue weighted by atomic mass is 9.84. The molecule has 0 aliphatic heterocycles. The van der Waals surface area contributed by atoms with Crippen molar-refractivity contribution in [2.75, 3.05) is 6.54 Å². The van der Waals surface area contributed by atoms with E-state index in [0.29, 0.717) is 6.54 Å². The number of nitrogens with one attached hydrogen (secondary N) is 1. The Morgan fingerprint density at radius 2 is 1.87 bits per heavy atom. The molecule has 1 aromatic rings. The summed E-state index contributed by atoms with van der Waals surface area (Å²) in [6, 6.07) is 6.77. The number of hydrogen-bond acceptors (Lipinski definition) is 2. The average molecular weight is 209 g/mol. The molecule has 0 atom stereocenters. The van der Waals surface area contributed by atoms with E-state index < -0.39 is 6.09 Å². The van der Waals surface area contributed by atoms with E-state index in [1.807, 2.05) is 13.8 Å². The minimum absolute atomic E-state index is 0.209. The zero-order chi connectivity index (χ0) is 11.5. The molecule has 82 valence electrons. The zero-order valence-corrected chi connectivity index (χ0v) is 8.82. The Hall–Kier alpha value is -1.71. The van der Waals surface area contributed by atoms with E-state index in [-0.39, 0.29) is 11.2 Å². The lowest BCUT2D eigenvalue weighted by molar-refractivity contribution is 0.192. The molecule has 0 heterocycles. The van der Waals surface area contributed by atoms with Crippen LogP contribution >= 0.6 is 0 Å². The van der Waals surface area contributed by atoms with Gasteiger partial charge in [-0.1, -0.05) is 26.0 Å². The number of amides is 1. The van der Waals surface area contributed by atoms with Gasteiger partial charge in [0.1, 0.15) is 5.75 Å². The number of aromatic hydroxyl groups is 1. The summed E-state index contributed by atoms with van der Waals surface area (Å²) in [5.41, 5.74) is 0.695. The summed E-state index contributed by atoms with van der Waals surface area (Å²) in [7, 11) is 0. The van der Waals surface area contributed by atoms with Crippen molar-refractivity contribution in [3.05, 3.63) is 29.8 Å². The first kappa shape index (κ1) is 11.4. The quantitative estimate of drug-likeness (QED) is 0.712. The molecule has 1 amide bonds. The van der Waals surface area contributed by atoms with Crippen LogP contribution in [0.25, 0.3) is 0 Å². The highest BCUT2D eigenvalue weighted by atomic mass is 16.4. The minimum atomic E-state index is -1.03. The number of carbonyl (C=O) groups is 1. The Balaban J connectivity index is 2.76. The van der Waals surface area contributed by atoms with E-state index in [2.05, 4.69) is 5.32 Å². The zero-order valence-electron chi connectivity index (χ0n) is 8.82. The third kappa shape index (κ3) is 3.16. The second kappa shape index (κ2) is 4.21. The minimum Gasteiger partial charge on any atom is -0.508 e. The molecule has 0 unspecified atom stereocenters. The van der Waals surface area contributed by atoms with Crippen molar-refractivity contribution in [3.63, 3.8) is 0 Å². The van der Waals surface area contributed by atoms with Crippen molar-refractivity contribution < 1.29 is 15.0 Å². The van der Waals surface area contributed by atoms with Gasteiger partial charge < -0.3 is 15.5 Å². The van der Waals surface area contributed by atoms with E-state index in [0.717, 1.165) is 5.56 Å². The van der Waals surface area contributed by atoms with Crippen LogP contribution in [-0.4, -0.2) is 22.9 Å². The molecular formula is C11H15NO3. The summed E-state index contributed by atoms with van der Waals surface area (Å²) in [6.45, 7) is 4.22. The summed E-state index contributed by atoms with van der Waals surface area (Å²) < 4.78 is 0. The second-order valence-electron chi connectivity index (χ2n) is 4.09. The van der Waals surface area contributed by atoms with Gasteiger partial charge in [-0.15, -0.1) is 0 Å². The van der Waals surface area contributed by atoms with E-state index in [9.17, 15) is 4.79 Å². The van der Waals surface area contributed by atoms with E-state index in [1.165, 1.54) is 0 Å². The molecule has 4 heteroatoms. The van der Waals surface area contributed by atoms with Crippen LogP contribution in [0.3, 0.4) is 0 Å². The first-order valence-electron chi connectivity index (χ1n) is 4.68. The second-order valence-corrected chi connectivity index (χ2v) is 4.09. The van der Waals surface area contributed by atoms with Gasteiger partial charge in [-0.2, -0.15) is 0 Å². The molecule has 0 saturated heterocycles. The van der Waals surface area contributed by atoms with Crippen molar-refractivity contribution in [2.45, 2.75) is 19.3 Å². The molecule has 0 aliphatic rings. The molecule has 0 aromatic heterocycles. The van der Waals surface area contributed by atoms with Crippen molar-refractivity contribution in [1.29, 1.82) is 0 Å². The predicted molar refractivity (Wildman–Crippen MR) is 57.2 cm³/mol. The van der Waals surface area contributed by atoms with Crippen LogP contribution in [0.5, 0.6) is 5.75 Å². The molecule has 0 aliphatic carbocycles. The average Bonchev–Trinajstić information content (AvgIpc) is 2.16. The van der Waals surface area contributed by atoms with Gasteiger partial charge in [0, 0.05) is 12.0 Å². The van der Waals surface area contributed by atoms with Crippen molar-refractivity contribution >= 4 is 6.09 Å². The topological polar surface area (TPSA) is 69.6 Å². The van der Waals surface area contributed by atoms with Gasteiger partial charge in [-0.25, -0.2) is 4.79 Å². The SMILES string of the molecule is CC(C)(CNC(=O)O)c1ccc(O)cc1. The van der Waals surface area contributed by atoms with Crippen LogP contribution in [-0.2, 0) is 5.41 Å². The molecule has 0 spiro atoms. The monoisotopic (exact) mass is 209 g/mol. The first-order chi connectivity index (χ1) is 6.92. The Labute approximate surface area is 88.6 Å². The highest BCUT2D eigenvalue weighted by Crippen LogP contribution is 2.23. The molecule has 0 bridgehead atoms. The lowest BCUT2D eigenvalue weighted by Gasteiger charge is -2.24. The largest absolute Gasteiger partial charge is 0.508 e. The number of phenolic OH excluding ortho intramolecular Hbond substituents is 1. The summed E-state index contributed by atoms with van der Waals surface area (Å²) in [4.78, 5) is 10.4. The van der Waals surface area contributed by atoms with Crippen LogP contribution in [0.1, 0.15) is 19.4 Å². The van der Waals surface area contributed by atoms with Gasteiger partial charge in [-0.05, 0) is 17.7 Å². The molecule has 0 fully saturated rings. The summed E-state index contributed by atoms with van der Waals surface area (Å²) >= 11 is 0. The molecule has 4 nitrogen and oxygen atoms in total. The fraction of sp³-hybridized carbons (Fsp3) is 0.364. The van der Waals surface area contributed by atoms with Crippen LogP contribution in [0.15, 0.2) is 24.3 Å². The van der Waals surface area contributed by atoms with Crippen LogP contribution in [0.4, 0.5) is 4.79 Å². The van der Waals surface area contributed by atoms with Crippen molar-refractivity contribution in [3.8, 4) is 5.75 Å². The Bertz CT molecular complexity index is 343. The highest BCUT2D eigenvalue weighted by molar-refractivity contribution is 5.64.